The molecule has 17 heavy (non-hydrogen) atoms. The molecule has 0 aromatic heterocycles. The summed E-state index contributed by atoms with van der Waals surface area (Å²) in [6, 6.07) is 5.26. The van der Waals surface area contributed by atoms with Gasteiger partial charge >= 0.3 is 5.97 Å². The third kappa shape index (κ3) is 3.86. The van der Waals surface area contributed by atoms with Crippen molar-refractivity contribution in [3.05, 3.63) is 35.6 Å². The van der Waals surface area contributed by atoms with E-state index in [9.17, 15) is 14.0 Å². The van der Waals surface area contributed by atoms with Crippen molar-refractivity contribution in [2.45, 2.75) is 19.4 Å². The molecule has 0 radical (unpaired) electrons. The van der Waals surface area contributed by atoms with E-state index in [1.807, 2.05) is 0 Å². The maximum absolute atomic E-state index is 13.3. The number of carbonyl (C=O) groups is 2. The highest BCUT2D eigenvalue weighted by Crippen LogP contribution is 2.06. The Labute approximate surface area is 98.8 Å². The van der Waals surface area contributed by atoms with E-state index in [0.29, 0.717) is 0 Å². The van der Waals surface area contributed by atoms with E-state index >= 15 is 0 Å². The molecule has 0 spiro atoms. The first-order chi connectivity index (χ1) is 8.04. The second-order valence-electron chi connectivity index (χ2n) is 3.63. The molecule has 92 valence electrons. The summed E-state index contributed by atoms with van der Waals surface area (Å²) in [5.41, 5.74) is -0.0378. The normalized spacial score (nSPS) is 11.7. The summed E-state index contributed by atoms with van der Waals surface area (Å²) in [7, 11) is 1.27. The van der Waals surface area contributed by atoms with E-state index in [-0.39, 0.29) is 12.0 Å². The molecule has 1 N–H and O–H groups in total. The molecule has 0 aliphatic rings. The molecule has 1 aromatic carbocycles. The fraction of sp³-hybridized carbons (Fsp3) is 0.333. The maximum atomic E-state index is 13.3. The predicted octanol–water partition coefficient (Wildman–Crippen LogP) is 1.51. The van der Waals surface area contributed by atoms with Crippen LogP contribution in [0, 0.1) is 5.82 Å². The van der Waals surface area contributed by atoms with E-state index in [1.165, 1.54) is 25.3 Å². The van der Waals surface area contributed by atoms with E-state index in [0.717, 1.165) is 0 Å². The molecule has 4 nitrogen and oxygen atoms in total. The van der Waals surface area contributed by atoms with Crippen LogP contribution in [0.5, 0.6) is 0 Å². The molecular formula is C12H14FNO3. The highest BCUT2D eigenvalue weighted by atomic mass is 19.1. The number of hydrogen-bond acceptors (Lipinski definition) is 3. The van der Waals surface area contributed by atoms with Gasteiger partial charge in [-0.1, -0.05) is 12.1 Å². The number of amides is 1. The molecule has 1 atom stereocenters. The standard InChI is InChI=1S/C12H14FNO3/c1-8(7-11(15)17-2)14-12(16)9-5-3-4-6-10(9)13/h3-6,8H,7H2,1-2H3,(H,14,16). The van der Waals surface area contributed by atoms with Gasteiger partial charge in [0, 0.05) is 6.04 Å². The average molecular weight is 239 g/mol. The summed E-state index contributed by atoms with van der Waals surface area (Å²) in [5, 5.41) is 2.52. The molecule has 1 aromatic rings. The van der Waals surface area contributed by atoms with Crippen LogP contribution < -0.4 is 5.32 Å². The van der Waals surface area contributed by atoms with Crippen LogP contribution in [0.25, 0.3) is 0 Å². The van der Waals surface area contributed by atoms with Gasteiger partial charge in [-0.05, 0) is 19.1 Å². The Morgan fingerprint density at radius 2 is 2.06 bits per heavy atom. The van der Waals surface area contributed by atoms with Gasteiger partial charge in [0.25, 0.3) is 5.91 Å². The van der Waals surface area contributed by atoms with Crippen LogP contribution in [0.4, 0.5) is 4.39 Å². The van der Waals surface area contributed by atoms with Crippen molar-refractivity contribution in [1.29, 1.82) is 0 Å². The quantitative estimate of drug-likeness (QED) is 0.810. The van der Waals surface area contributed by atoms with Gasteiger partial charge in [-0.2, -0.15) is 0 Å². The second kappa shape index (κ2) is 5.98. The van der Waals surface area contributed by atoms with Crippen molar-refractivity contribution in [1.82, 2.24) is 5.32 Å². The summed E-state index contributed by atoms with van der Waals surface area (Å²) in [5.74, 6) is -1.55. The fourth-order valence-electron chi connectivity index (χ4n) is 1.33. The number of ether oxygens (including phenoxy) is 1. The largest absolute Gasteiger partial charge is 0.469 e. The molecule has 0 saturated heterocycles. The van der Waals surface area contributed by atoms with E-state index < -0.39 is 23.7 Å². The Bertz CT molecular complexity index is 420. The Morgan fingerprint density at radius 3 is 2.65 bits per heavy atom. The monoisotopic (exact) mass is 239 g/mol. The molecule has 0 fully saturated rings. The summed E-state index contributed by atoms with van der Waals surface area (Å²) in [4.78, 5) is 22.6. The van der Waals surface area contributed by atoms with Gasteiger partial charge in [-0.25, -0.2) is 4.39 Å². The molecule has 0 bridgehead atoms. The molecule has 1 rings (SSSR count). The first-order valence-electron chi connectivity index (χ1n) is 5.16. The van der Waals surface area contributed by atoms with Crippen LogP contribution in [0.2, 0.25) is 0 Å². The Kier molecular flexibility index (Phi) is 4.63. The smallest absolute Gasteiger partial charge is 0.307 e. The van der Waals surface area contributed by atoms with Crippen molar-refractivity contribution >= 4 is 11.9 Å². The van der Waals surface area contributed by atoms with Gasteiger partial charge in [0.15, 0.2) is 0 Å². The van der Waals surface area contributed by atoms with Crippen molar-refractivity contribution in [2.24, 2.45) is 0 Å². The lowest BCUT2D eigenvalue weighted by Gasteiger charge is -2.12. The zero-order valence-corrected chi connectivity index (χ0v) is 9.70. The molecule has 1 unspecified atom stereocenters. The van der Waals surface area contributed by atoms with Gasteiger partial charge in [-0.15, -0.1) is 0 Å². The lowest BCUT2D eigenvalue weighted by Crippen LogP contribution is -2.34. The lowest BCUT2D eigenvalue weighted by atomic mass is 10.1. The van der Waals surface area contributed by atoms with Gasteiger partial charge in [0.05, 0.1) is 19.1 Å². The fourth-order valence-corrected chi connectivity index (χ4v) is 1.33. The van der Waals surface area contributed by atoms with Gasteiger partial charge < -0.3 is 10.1 Å². The van der Waals surface area contributed by atoms with Crippen molar-refractivity contribution in [3.8, 4) is 0 Å². The van der Waals surface area contributed by atoms with Crippen molar-refractivity contribution in [3.63, 3.8) is 0 Å². The summed E-state index contributed by atoms with van der Waals surface area (Å²) in [6.07, 6.45) is 0.0523. The third-order valence-corrected chi connectivity index (χ3v) is 2.20. The van der Waals surface area contributed by atoms with Gasteiger partial charge in [0.2, 0.25) is 0 Å². The minimum Gasteiger partial charge on any atom is -0.469 e. The van der Waals surface area contributed by atoms with Crippen molar-refractivity contribution < 1.29 is 18.7 Å². The first kappa shape index (κ1) is 13.2. The molecule has 0 aliphatic carbocycles. The maximum Gasteiger partial charge on any atom is 0.307 e. The number of nitrogens with one attached hydrogen (secondary N) is 1. The highest BCUT2D eigenvalue weighted by Gasteiger charge is 2.15. The summed E-state index contributed by atoms with van der Waals surface area (Å²) < 4.78 is 17.7. The molecule has 0 aliphatic heterocycles. The number of esters is 1. The summed E-state index contributed by atoms with van der Waals surface area (Å²) >= 11 is 0. The SMILES string of the molecule is COC(=O)CC(C)NC(=O)c1ccccc1F. The van der Waals surface area contributed by atoms with Gasteiger partial charge in [0.1, 0.15) is 5.82 Å². The van der Waals surface area contributed by atoms with E-state index in [4.69, 9.17) is 0 Å². The van der Waals surface area contributed by atoms with Crippen molar-refractivity contribution in [2.75, 3.05) is 7.11 Å². The van der Waals surface area contributed by atoms with Gasteiger partial charge in [-0.3, -0.25) is 9.59 Å². The third-order valence-electron chi connectivity index (χ3n) is 2.20. The number of hydrogen-bond donors (Lipinski definition) is 1. The number of rotatable bonds is 4. The Morgan fingerprint density at radius 1 is 1.41 bits per heavy atom. The molecular weight excluding hydrogens is 225 g/mol. The first-order valence-corrected chi connectivity index (χ1v) is 5.16. The van der Waals surface area contributed by atoms with Crippen LogP contribution in [-0.2, 0) is 9.53 Å². The Hall–Kier alpha value is -1.91. The number of carbonyl (C=O) groups excluding carboxylic acids is 2. The lowest BCUT2D eigenvalue weighted by molar-refractivity contribution is -0.141. The molecule has 5 heteroatoms. The molecule has 0 heterocycles. The van der Waals surface area contributed by atoms with Crippen LogP contribution in [0.3, 0.4) is 0 Å². The zero-order chi connectivity index (χ0) is 12.8. The predicted molar refractivity (Wildman–Crippen MR) is 60.0 cm³/mol. The minimum absolute atomic E-state index is 0.0378. The highest BCUT2D eigenvalue weighted by molar-refractivity contribution is 5.94. The van der Waals surface area contributed by atoms with Crippen LogP contribution in [-0.4, -0.2) is 25.0 Å². The number of halogens is 1. The second-order valence-corrected chi connectivity index (χ2v) is 3.63. The number of benzene rings is 1. The molecule has 1 amide bonds. The Balaban J connectivity index is 2.61. The van der Waals surface area contributed by atoms with E-state index in [2.05, 4.69) is 10.1 Å². The van der Waals surface area contributed by atoms with Crippen LogP contribution in [0.1, 0.15) is 23.7 Å². The van der Waals surface area contributed by atoms with Crippen LogP contribution in [0.15, 0.2) is 24.3 Å². The topological polar surface area (TPSA) is 55.4 Å². The van der Waals surface area contributed by atoms with E-state index in [1.54, 1.807) is 13.0 Å². The minimum atomic E-state index is -0.588. The average Bonchev–Trinajstić information content (AvgIpc) is 2.29. The number of methoxy groups -OCH3 is 1. The zero-order valence-electron chi connectivity index (χ0n) is 9.70. The molecule has 0 saturated carbocycles. The van der Waals surface area contributed by atoms with Crippen LogP contribution >= 0.6 is 0 Å². The summed E-state index contributed by atoms with van der Waals surface area (Å²) in [6.45, 7) is 1.65.